The van der Waals surface area contributed by atoms with E-state index in [1.165, 1.54) is 36.8 Å². The predicted octanol–water partition coefficient (Wildman–Crippen LogP) is 4.56. The van der Waals surface area contributed by atoms with Gasteiger partial charge >= 0.3 is 0 Å². The first kappa shape index (κ1) is 18.3. The number of benzene rings is 1. The van der Waals surface area contributed by atoms with Crippen LogP contribution in [0.25, 0.3) is 11.3 Å². The van der Waals surface area contributed by atoms with Crippen molar-refractivity contribution in [2.24, 2.45) is 5.92 Å². The van der Waals surface area contributed by atoms with Gasteiger partial charge in [-0.3, -0.25) is 9.69 Å². The van der Waals surface area contributed by atoms with Crippen molar-refractivity contribution in [2.75, 3.05) is 26.2 Å². The zero-order chi connectivity index (χ0) is 18.5. The molecule has 0 aliphatic carbocycles. The average molecular weight is 367 g/mol. The minimum Gasteiger partial charge on any atom is -0.464 e. The van der Waals surface area contributed by atoms with Crippen LogP contribution in [0.1, 0.15) is 44.1 Å². The van der Waals surface area contributed by atoms with Crippen molar-refractivity contribution < 1.29 is 9.21 Å². The van der Waals surface area contributed by atoms with Crippen molar-refractivity contribution in [3.05, 3.63) is 48.2 Å². The molecule has 1 unspecified atom stereocenters. The molecule has 144 valence electrons. The molecule has 0 saturated carbocycles. The number of carbonyl (C=O) groups is 1. The Kier molecular flexibility index (Phi) is 5.93. The lowest BCUT2D eigenvalue weighted by atomic mass is 9.92. The molecule has 1 aromatic heterocycles. The van der Waals surface area contributed by atoms with Crippen LogP contribution in [0.2, 0.25) is 0 Å². The van der Waals surface area contributed by atoms with Gasteiger partial charge in [0.15, 0.2) is 0 Å². The number of hydrogen-bond acceptors (Lipinski definition) is 3. The minimum absolute atomic E-state index is 0.368. The molecule has 2 aliphatic rings. The third-order valence-electron chi connectivity index (χ3n) is 6.03. The molecule has 1 amide bonds. The van der Waals surface area contributed by atoms with E-state index in [9.17, 15) is 4.79 Å². The summed E-state index contributed by atoms with van der Waals surface area (Å²) < 4.78 is 5.62. The van der Waals surface area contributed by atoms with E-state index in [1.54, 1.807) is 6.26 Å². The summed E-state index contributed by atoms with van der Waals surface area (Å²) >= 11 is 0. The van der Waals surface area contributed by atoms with Crippen LogP contribution in [0.5, 0.6) is 0 Å². The highest BCUT2D eigenvalue weighted by molar-refractivity contribution is 5.76. The molecule has 0 spiro atoms. The summed E-state index contributed by atoms with van der Waals surface area (Å²) in [6, 6.07) is 12.5. The molecule has 0 N–H and O–H groups in total. The molecule has 4 rings (SSSR count). The zero-order valence-corrected chi connectivity index (χ0v) is 16.1. The van der Waals surface area contributed by atoms with Crippen LogP contribution >= 0.6 is 0 Å². The predicted molar refractivity (Wildman–Crippen MR) is 107 cm³/mol. The van der Waals surface area contributed by atoms with Gasteiger partial charge in [-0.05, 0) is 62.3 Å². The fraction of sp³-hybridized carbons (Fsp3) is 0.522. The van der Waals surface area contributed by atoms with E-state index < -0.39 is 0 Å². The number of carbonyl (C=O) groups excluding carboxylic acids is 1. The molecule has 4 nitrogen and oxygen atoms in total. The smallest absolute Gasteiger partial charge is 0.222 e. The number of piperidine rings is 1. The summed E-state index contributed by atoms with van der Waals surface area (Å²) in [6.07, 6.45) is 8.33. The third kappa shape index (κ3) is 4.62. The van der Waals surface area contributed by atoms with Gasteiger partial charge in [0, 0.05) is 38.2 Å². The quantitative estimate of drug-likeness (QED) is 0.752. The average Bonchev–Trinajstić information content (AvgIpc) is 3.41. The van der Waals surface area contributed by atoms with Crippen molar-refractivity contribution >= 4 is 5.91 Å². The second-order valence-electron chi connectivity index (χ2n) is 8.00. The van der Waals surface area contributed by atoms with Crippen molar-refractivity contribution in [3.8, 4) is 11.3 Å². The monoisotopic (exact) mass is 366 g/mol. The first-order valence-electron chi connectivity index (χ1n) is 10.4. The first-order valence-corrected chi connectivity index (χ1v) is 10.4. The third-order valence-corrected chi connectivity index (χ3v) is 6.03. The lowest BCUT2D eigenvalue weighted by Gasteiger charge is -2.33. The zero-order valence-electron chi connectivity index (χ0n) is 16.1. The highest BCUT2D eigenvalue weighted by Gasteiger charge is 2.23. The number of nitrogens with zero attached hydrogens (tertiary/aromatic N) is 2. The van der Waals surface area contributed by atoms with Crippen LogP contribution in [-0.4, -0.2) is 41.9 Å². The molecule has 2 aliphatic heterocycles. The van der Waals surface area contributed by atoms with Gasteiger partial charge in [0.25, 0.3) is 0 Å². The number of furan rings is 1. The van der Waals surface area contributed by atoms with Gasteiger partial charge in [-0.2, -0.15) is 0 Å². The normalized spacial score (nSPS) is 20.9. The highest BCUT2D eigenvalue weighted by Crippen LogP contribution is 2.28. The van der Waals surface area contributed by atoms with Gasteiger partial charge in [-0.25, -0.2) is 0 Å². The van der Waals surface area contributed by atoms with E-state index in [4.69, 9.17) is 4.42 Å². The Morgan fingerprint density at radius 2 is 1.89 bits per heavy atom. The summed E-state index contributed by atoms with van der Waals surface area (Å²) in [5, 5.41) is 0. The van der Waals surface area contributed by atoms with E-state index in [0.29, 0.717) is 11.8 Å². The van der Waals surface area contributed by atoms with Crippen molar-refractivity contribution in [1.29, 1.82) is 0 Å². The lowest BCUT2D eigenvalue weighted by molar-refractivity contribution is -0.130. The molecule has 2 fully saturated rings. The molecule has 4 heteroatoms. The molecule has 3 heterocycles. The van der Waals surface area contributed by atoms with Crippen molar-refractivity contribution in [3.63, 3.8) is 0 Å². The maximum absolute atomic E-state index is 12.3. The van der Waals surface area contributed by atoms with Crippen LogP contribution in [0.3, 0.4) is 0 Å². The Balaban J connectivity index is 1.33. The molecule has 1 atom stereocenters. The van der Waals surface area contributed by atoms with E-state index in [-0.39, 0.29) is 0 Å². The summed E-state index contributed by atoms with van der Waals surface area (Å²) in [7, 11) is 0. The highest BCUT2D eigenvalue weighted by atomic mass is 16.3. The Labute approximate surface area is 162 Å². The number of likely N-dealkylation sites (tertiary alicyclic amines) is 2. The van der Waals surface area contributed by atoms with Crippen LogP contribution in [0.15, 0.2) is 47.1 Å². The van der Waals surface area contributed by atoms with Gasteiger partial charge in [-0.1, -0.05) is 24.3 Å². The SMILES string of the molecule is O=C(CCC1CCCN(Cc2ccccc2-c2ccco2)C1)N1CCCC1. The maximum atomic E-state index is 12.3. The fourth-order valence-electron chi connectivity index (χ4n) is 4.55. The van der Waals surface area contributed by atoms with Gasteiger partial charge in [0.05, 0.1) is 6.26 Å². The molecule has 0 bridgehead atoms. The van der Waals surface area contributed by atoms with Gasteiger partial charge in [-0.15, -0.1) is 0 Å². The van der Waals surface area contributed by atoms with Crippen LogP contribution in [-0.2, 0) is 11.3 Å². The summed E-state index contributed by atoms with van der Waals surface area (Å²) in [6.45, 7) is 5.13. The minimum atomic E-state index is 0.368. The molecule has 2 aromatic rings. The summed E-state index contributed by atoms with van der Waals surface area (Å²) in [5.41, 5.74) is 2.51. The van der Waals surface area contributed by atoms with Crippen LogP contribution in [0.4, 0.5) is 0 Å². The van der Waals surface area contributed by atoms with Gasteiger partial charge in [0.1, 0.15) is 5.76 Å². The largest absolute Gasteiger partial charge is 0.464 e. The van der Waals surface area contributed by atoms with Gasteiger partial charge in [0.2, 0.25) is 5.91 Å². The number of hydrogen-bond donors (Lipinski definition) is 0. The second-order valence-corrected chi connectivity index (χ2v) is 8.00. The molecule has 0 radical (unpaired) electrons. The van der Waals surface area contributed by atoms with E-state index >= 15 is 0 Å². The Morgan fingerprint density at radius 1 is 1.04 bits per heavy atom. The first-order chi connectivity index (χ1) is 13.3. The second kappa shape index (κ2) is 8.75. The Morgan fingerprint density at radius 3 is 2.70 bits per heavy atom. The Bertz CT molecular complexity index is 735. The molecular formula is C23H30N2O2. The lowest BCUT2D eigenvalue weighted by Crippen LogP contribution is -2.36. The Hall–Kier alpha value is -2.07. The van der Waals surface area contributed by atoms with Crippen molar-refractivity contribution in [1.82, 2.24) is 9.80 Å². The number of rotatable bonds is 6. The molecule has 2 saturated heterocycles. The maximum Gasteiger partial charge on any atom is 0.222 e. The van der Waals surface area contributed by atoms with E-state index in [2.05, 4.69) is 34.1 Å². The number of amides is 1. The molecular weight excluding hydrogens is 336 g/mol. The fourth-order valence-corrected chi connectivity index (χ4v) is 4.55. The van der Waals surface area contributed by atoms with Crippen molar-refractivity contribution in [2.45, 2.75) is 45.1 Å². The van der Waals surface area contributed by atoms with Gasteiger partial charge < -0.3 is 9.32 Å². The molecule has 1 aromatic carbocycles. The molecule has 27 heavy (non-hydrogen) atoms. The van der Waals surface area contributed by atoms with Crippen LogP contribution in [0, 0.1) is 5.92 Å². The van der Waals surface area contributed by atoms with E-state index in [0.717, 1.165) is 51.3 Å². The summed E-state index contributed by atoms with van der Waals surface area (Å²) in [5.74, 6) is 1.95. The van der Waals surface area contributed by atoms with Crippen LogP contribution < -0.4 is 0 Å². The summed E-state index contributed by atoms with van der Waals surface area (Å²) in [4.78, 5) is 16.9. The van der Waals surface area contributed by atoms with E-state index in [1.807, 2.05) is 12.1 Å². The standard InChI is InChI=1S/C23H30N2O2/c26-23(25-14-3-4-15-25)12-11-19-7-5-13-24(17-19)18-20-8-1-2-9-21(20)22-10-6-16-27-22/h1-2,6,8-10,16,19H,3-5,7,11-15,17-18H2. The topological polar surface area (TPSA) is 36.7 Å².